The van der Waals surface area contributed by atoms with Crippen molar-refractivity contribution in [3.05, 3.63) is 39.0 Å². The molecule has 0 unspecified atom stereocenters. The molecule has 1 saturated carbocycles. The molecule has 0 atom stereocenters. The average molecular weight is 296 g/mol. The molecule has 2 aromatic rings. The van der Waals surface area contributed by atoms with Gasteiger partial charge in [-0.1, -0.05) is 23.2 Å². The molecule has 1 fully saturated rings. The number of hydrogen-bond donors (Lipinski definition) is 1. The van der Waals surface area contributed by atoms with Gasteiger partial charge in [-0.15, -0.1) is 0 Å². The number of pyridine rings is 1. The van der Waals surface area contributed by atoms with Gasteiger partial charge < -0.3 is 5.11 Å². The topological polar surface area (TPSA) is 50.2 Å². The number of hydrogen-bond acceptors (Lipinski definition) is 2. The van der Waals surface area contributed by atoms with Crippen LogP contribution in [0.15, 0.2) is 12.1 Å². The Morgan fingerprint density at radius 3 is 2.63 bits per heavy atom. The van der Waals surface area contributed by atoms with Crippen molar-refractivity contribution in [1.29, 1.82) is 0 Å². The number of rotatable bonds is 2. The summed E-state index contributed by atoms with van der Waals surface area (Å²) in [4.78, 5) is 16.1. The minimum Gasteiger partial charge on any atom is -0.478 e. The van der Waals surface area contributed by atoms with Crippen molar-refractivity contribution in [2.75, 3.05) is 0 Å². The predicted octanol–water partition coefficient (Wildman–Crippen LogP) is 4.43. The first kappa shape index (κ1) is 12.7. The summed E-state index contributed by atoms with van der Waals surface area (Å²) in [7, 11) is 0. The Hall–Kier alpha value is -1.32. The quantitative estimate of drug-likeness (QED) is 0.892. The zero-order chi connectivity index (χ0) is 13.7. The number of carboxylic acid groups (broad SMARTS) is 1. The molecule has 1 aliphatic carbocycles. The molecule has 1 aromatic heterocycles. The van der Waals surface area contributed by atoms with Crippen molar-refractivity contribution in [2.45, 2.75) is 25.7 Å². The van der Waals surface area contributed by atoms with E-state index in [-0.39, 0.29) is 5.56 Å². The lowest BCUT2D eigenvalue weighted by Gasteiger charge is -2.12. The van der Waals surface area contributed by atoms with Gasteiger partial charge in [-0.3, -0.25) is 4.98 Å². The maximum atomic E-state index is 11.5. The second-order valence-corrected chi connectivity index (χ2v) is 5.70. The van der Waals surface area contributed by atoms with E-state index >= 15 is 0 Å². The van der Waals surface area contributed by atoms with Crippen LogP contribution in [0.4, 0.5) is 0 Å². The van der Waals surface area contributed by atoms with Gasteiger partial charge >= 0.3 is 5.97 Å². The Labute approximate surface area is 120 Å². The summed E-state index contributed by atoms with van der Waals surface area (Å²) in [5.74, 6) is -0.598. The normalized spacial score (nSPS) is 14.9. The first-order chi connectivity index (χ1) is 8.99. The highest BCUT2D eigenvalue weighted by Crippen LogP contribution is 2.43. The lowest BCUT2D eigenvalue weighted by Crippen LogP contribution is -2.06. The second-order valence-electron chi connectivity index (χ2n) is 4.86. The molecule has 0 bridgehead atoms. The minimum atomic E-state index is -0.967. The number of nitrogens with zero attached hydrogens (tertiary/aromatic N) is 1. The Bertz CT molecular complexity index is 708. The highest BCUT2D eigenvalue weighted by atomic mass is 35.5. The molecule has 1 N–H and O–H groups in total. The molecule has 5 heteroatoms. The third kappa shape index (κ3) is 2.07. The second kappa shape index (κ2) is 4.36. The fourth-order valence-electron chi connectivity index (χ4n) is 2.43. The van der Waals surface area contributed by atoms with Crippen molar-refractivity contribution in [3.8, 4) is 0 Å². The van der Waals surface area contributed by atoms with E-state index in [4.69, 9.17) is 23.2 Å². The van der Waals surface area contributed by atoms with Crippen LogP contribution in [0.2, 0.25) is 10.0 Å². The zero-order valence-corrected chi connectivity index (χ0v) is 11.7. The number of aromatic nitrogens is 1. The van der Waals surface area contributed by atoms with E-state index in [0.717, 1.165) is 24.1 Å². The van der Waals surface area contributed by atoms with Gasteiger partial charge in [0, 0.05) is 22.0 Å². The van der Waals surface area contributed by atoms with Crippen LogP contribution < -0.4 is 0 Å². The van der Waals surface area contributed by atoms with Crippen molar-refractivity contribution < 1.29 is 9.90 Å². The SMILES string of the molecule is Cc1c(C2CC2)nc2c(Cl)cc(Cl)cc2c1C(=O)O. The van der Waals surface area contributed by atoms with Gasteiger partial charge in [0.1, 0.15) is 0 Å². The van der Waals surface area contributed by atoms with E-state index in [1.807, 2.05) is 0 Å². The van der Waals surface area contributed by atoms with E-state index in [1.54, 1.807) is 19.1 Å². The highest BCUT2D eigenvalue weighted by Gasteiger charge is 2.30. The molecule has 19 heavy (non-hydrogen) atoms. The number of carboxylic acids is 1. The van der Waals surface area contributed by atoms with Gasteiger partial charge in [0.25, 0.3) is 0 Å². The Morgan fingerprint density at radius 1 is 1.37 bits per heavy atom. The predicted molar refractivity (Wildman–Crippen MR) is 75.4 cm³/mol. The Morgan fingerprint density at radius 2 is 2.05 bits per heavy atom. The molecular formula is C14H11Cl2NO2. The number of aromatic carboxylic acids is 1. The summed E-state index contributed by atoms with van der Waals surface area (Å²) in [6.07, 6.45) is 2.12. The van der Waals surface area contributed by atoms with Gasteiger partial charge in [-0.05, 0) is 37.5 Å². The number of benzene rings is 1. The fourth-order valence-corrected chi connectivity index (χ4v) is 2.97. The summed E-state index contributed by atoms with van der Waals surface area (Å²) < 4.78 is 0. The molecule has 98 valence electrons. The Kier molecular flexibility index (Phi) is 2.91. The largest absolute Gasteiger partial charge is 0.478 e. The molecular weight excluding hydrogens is 285 g/mol. The van der Waals surface area contributed by atoms with Crippen molar-refractivity contribution in [2.24, 2.45) is 0 Å². The number of carbonyl (C=O) groups is 1. The van der Waals surface area contributed by atoms with Gasteiger partial charge in [-0.2, -0.15) is 0 Å². The van der Waals surface area contributed by atoms with Gasteiger partial charge in [0.2, 0.25) is 0 Å². The van der Waals surface area contributed by atoms with Crippen LogP contribution in [0.5, 0.6) is 0 Å². The van der Waals surface area contributed by atoms with E-state index in [1.165, 1.54) is 0 Å². The van der Waals surface area contributed by atoms with Crippen LogP contribution in [0.1, 0.15) is 40.4 Å². The van der Waals surface area contributed by atoms with E-state index in [9.17, 15) is 9.90 Å². The lowest BCUT2D eigenvalue weighted by atomic mass is 9.99. The molecule has 1 heterocycles. The smallest absolute Gasteiger partial charge is 0.336 e. The molecule has 0 amide bonds. The molecule has 0 aliphatic heterocycles. The first-order valence-electron chi connectivity index (χ1n) is 6.01. The molecule has 0 spiro atoms. The van der Waals surface area contributed by atoms with Gasteiger partial charge in [0.15, 0.2) is 0 Å². The van der Waals surface area contributed by atoms with Crippen LogP contribution in [0.25, 0.3) is 10.9 Å². The first-order valence-corrected chi connectivity index (χ1v) is 6.77. The summed E-state index contributed by atoms with van der Waals surface area (Å²) >= 11 is 12.1. The Balaban J connectivity index is 2.44. The van der Waals surface area contributed by atoms with Crippen LogP contribution >= 0.6 is 23.2 Å². The highest BCUT2D eigenvalue weighted by molar-refractivity contribution is 6.38. The summed E-state index contributed by atoms with van der Waals surface area (Å²) in [5.41, 5.74) is 2.36. The van der Waals surface area contributed by atoms with Crippen LogP contribution in [0, 0.1) is 6.92 Å². The molecule has 3 nitrogen and oxygen atoms in total. The molecule has 3 rings (SSSR count). The lowest BCUT2D eigenvalue weighted by molar-refractivity contribution is 0.0698. The minimum absolute atomic E-state index is 0.260. The zero-order valence-electron chi connectivity index (χ0n) is 10.2. The molecule has 1 aromatic carbocycles. The van der Waals surface area contributed by atoms with Gasteiger partial charge in [0.05, 0.1) is 16.1 Å². The average Bonchev–Trinajstić information content (AvgIpc) is 3.11. The maximum absolute atomic E-state index is 11.5. The maximum Gasteiger partial charge on any atom is 0.336 e. The third-order valence-corrected chi connectivity index (χ3v) is 3.97. The standard InChI is InChI=1S/C14H11Cl2NO2/c1-6-11(14(18)19)9-4-8(15)5-10(16)13(9)17-12(6)7-2-3-7/h4-5,7H,2-3H2,1H3,(H,18,19). The van der Waals surface area contributed by atoms with Crippen molar-refractivity contribution in [3.63, 3.8) is 0 Å². The van der Waals surface area contributed by atoms with Crippen LogP contribution in [-0.4, -0.2) is 16.1 Å². The van der Waals surface area contributed by atoms with Crippen molar-refractivity contribution >= 4 is 40.1 Å². The molecule has 0 radical (unpaired) electrons. The van der Waals surface area contributed by atoms with Gasteiger partial charge in [-0.25, -0.2) is 4.79 Å². The fraction of sp³-hybridized carbons (Fsp3) is 0.286. The molecule has 1 aliphatic rings. The third-order valence-electron chi connectivity index (χ3n) is 3.47. The summed E-state index contributed by atoms with van der Waals surface area (Å²) in [6.45, 7) is 1.80. The van der Waals surface area contributed by atoms with Crippen molar-refractivity contribution in [1.82, 2.24) is 4.98 Å². The van der Waals surface area contributed by atoms with Crippen LogP contribution in [0.3, 0.4) is 0 Å². The van der Waals surface area contributed by atoms with E-state index in [2.05, 4.69) is 4.98 Å². The number of halogens is 2. The summed E-state index contributed by atoms with van der Waals surface area (Å²) in [5, 5.41) is 10.8. The summed E-state index contributed by atoms with van der Waals surface area (Å²) in [6, 6.07) is 3.21. The van der Waals surface area contributed by atoms with E-state index in [0.29, 0.717) is 26.9 Å². The number of fused-ring (bicyclic) bond motifs is 1. The van der Waals surface area contributed by atoms with Crippen LogP contribution in [-0.2, 0) is 0 Å². The van der Waals surface area contributed by atoms with E-state index < -0.39 is 5.97 Å². The molecule has 0 saturated heterocycles. The monoisotopic (exact) mass is 295 g/mol.